The molecule has 3 nitrogen and oxygen atoms in total. The van der Waals surface area contributed by atoms with Gasteiger partial charge < -0.3 is 5.73 Å². The van der Waals surface area contributed by atoms with Gasteiger partial charge in [-0.25, -0.2) is 17.2 Å². The van der Waals surface area contributed by atoms with Crippen molar-refractivity contribution in [3.05, 3.63) is 65.2 Å². The molecule has 2 rings (SSSR count). The van der Waals surface area contributed by atoms with Crippen LogP contribution >= 0.6 is 0 Å². The highest BCUT2D eigenvalue weighted by Gasteiger charge is 2.17. The molecule has 106 valence electrons. The molecular formula is C14H13F2NO2S. The summed E-state index contributed by atoms with van der Waals surface area (Å²) in [5.74, 6) is -1.27. The summed E-state index contributed by atoms with van der Waals surface area (Å²) in [6.07, 6.45) is 0. The van der Waals surface area contributed by atoms with Crippen LogP contribution in [0.1, 0.15) is 11.1 Å². The number of rotatable bonds is 4. The van der Waals surface area contributed by atoms with E-state index >= 15 is 0 Å². The second-order valence-electron chi connectivity index (χ2n) is 4.33. The van der Waals surface area contributed by atoms with Gasteiger partial charge in [-0.15, -0.1) is 0 Å². The Balaban J connectivity index is 2.35. The van der Waals surface area contributed by atoms with Crippen molar-refractivity contribution in [1.29, 1.82) is 0 Å². The molecule has 0 aliphatic heterocycles. The minimum absolute atomic E-state index is 0.0196. The maximum absolute atomic E-state index is 13.1. The third-order valence-corrected chi connectivity index (χ3v) is 4.59. The third kappa shape index (κ3) is 3.20. The molecule has 0 spiro atoms. The Labute approximate surface area is 116 Å². The van der Waals surface area contributed by atoms with Crippen LogP contribution in [-0.4, -0.2) is 8.42 Å². The molecule has 20 heavy (non-hydrogen) atoms. The minimum atomic E-state index is -3.62. The largest absolute Gasteiger partial charge is 0.326 e. The fraction of sp³-hybridized carbons (Fsp3) is 0.143. The van der Waals surface area contributed by atoms with Gasteiger partial charge in [0.1, 0.15) is 11.6 Å². The second-order valence-corrected chi connectivity index (χ2v) is 6.32. The van der Waals surface area contributed by atoms with Crippen LogP contribution in [-0.2, 0) is 22.1 Å². The molecule has 0 aliphatic rings. The normalized spacial score (nSPS) is 11.6. The second kappa shape index (κ2) is 5.68. The first-order valence-electron chi connectivity index (χ1n) is 5.88. The van der Waals surface area contributed by atoms with Crippen molar-refractivity contribution in [3.63, 3.8) is 0 Å². The highest BCUT2D eigenvalue weighted by molar-refractivity contribution is 7.90. The number of halogens is 2. The van der Waals surface area contributed by atoms with Gasteiger partial charge in [-0.3, -0.25) is 0 Å². The first-order valence-corrected chi connectivity index (χ1v) is 7.53. The van der Waals surface area contributed by atoms with Crippen molar-refractivity contribution in [3.8, 4) is 0 Å². The van der Waals surface area contributed by atoms with Gasteiger partial charge in [-0.05, 0) is 47.5 Å². The molecule has 0 unspecified atom stereocenters. The van der Waals surface area contributed by atoms with Crippen molar-refractivity contribution in [2.45, 2.75) is 17.2 Å². The van der Waals surface area contributed by atoms with Crippen LogP contribution in [0.3, 0.4) is 0 Å². The fourth-order valence-corrected chi connectivity index (χ4v) is 3.26. The van der Waals surface area contributed by atoms with Crippen molar-refractivity contribution in [2.24, 2.45) is 5.73 Å². The van der Waals surface area contributed by atoms with Crippen molar-refractivity contribution in [2.75, 3.05) is 0 Å². The Kier molecular flexibility index (Phi) is 4.15. The molecular weight excluding hydrogens is 284 g/mol. The van der Waals surface area contributed by atoms with Crippen LogP contribution < -0.4 is 5.73 Å². The highest BCUT2D eigenvalue weighted by Crippen LogP contribution is 2.20. The minimum Gasteiger partial charge on any atom is -0.326 e. The third-order valence-electron chi connectivity index (χ3n) is 2.91. The summed E-state index contributed by atoms with van der Waals surface area (Å²) in [5.41, 5.74) is 6.37. The Morgan fingerprint density at radius 3 is 2.10 bits per heavy atom. The maximum atomic E-state index is 13.1. The Bertz CT molecular complexity index is 712. The van der Waals surface area contributed by atoms with Gasteiger partial charge in [0.15, 0.2) is 9.84 Å². The van der Waals surface area contributed by atoms with Crippen LogP contribution in [0.5, 0.6) is 0 Å². The molecule has 0 saturated carbocycles. The van der Waals surface area contributed by atoms with Crippen LogP contribution in [0.25, 0.3) is 0 Å². The Morgan fingerprint density at radius 1 is 0.900 bits per heavy atom. The molecule has 0 amide bonds. The summed E-state index contributed by atoms with van der Waals surface area (Å²) in [6, 6.07) is 8.39. The zero-order valence-electron chi connectivity index (χ0n) is 10.5. The summed E-state index contributed by atoms with van der Waals surface area (Å²) in [5, 5.41) is 0. The van der Waals surface area contributed by atoms with E-state index in [2.05, 4.69) is 0 Å². The van der Waals surface area contributed by atoms with E-state index < -0.39 is 21.5 Å². The first-order chi connectivity index (χ1) is 9.42. The molecule has 2 N–H and O–H groups in total. The van der Waals surface area contributed by atoms with E-state index in [1.807, 2.05) is 0 Å². The summed E-state index contributed by atoms with van der Waals surface area (Å²) >= 11 is 0. The van der Waals surface area contributed by atoms with Crippen LogP contribution in [0.2, 0.25) is 0 Å². The summed E-state index contributed by atoms with van der Waals surface area (Å²) in [6.45, 7) is 0.0476. The predicted octanol–water partition coefficient (Wildman–Crippen LogP) is 2.40. The lowest BCUT2D eigenvalue weighted by molar-refractivity contribution is 0.593. The zero-order chi connectivity index (χ0) is 14.8. The molecule has 0 bridgehead atoms. The van der Waals surface area contributed by atoms with Crippen molar-refractivity contribution < 1.29 is 17.2 Å². The molecule has 0 atom stereocenters. The van der Waals surface area contributed by atoms with E-state index in [0.29, 0.717) is 11.1 Å². The van der Waals surface area contributed by atoms with Gasteiger partial charge >= 0.3 is 0 Å². The lowest BCUT2D eigenvalue weighted by Gasteiger charge is -2.09. The molecule has 0 fully saturated rings. The van der Waals surface area contributed by atoms with E-state index in [1.54, 1.807) is 0 Å². The van der Waals surface area contributed by atoms with Crippen molar-refractivity contribution in [1.82, 2.24) is 0 Å². The lowest BCUT2D eigenvalue weighted by atomic mass is 10.1. The standard InChI is InChI=1S/C14H13F2NO2S/c15-12-3-5-14(6-4-12)20(18,19)9-10-1-2-13(16)7-11(10)8-17/h1-7H,8-9,17H2. The van der Waals surface area contributed by atoms with E-state index in [9.17, 15) is 17.2 Å². The van der Waals surface area contributed by atoms with Crippen LogP contribution in [0, 0.1) is 11.6 Å². The number of nitrogens with two attached hydrogens (primary N) is 1. The molecule has 0 radical (unpaired) electrons. The lowest BCUT2D eigenvalue weighted by Crippen LogP contribution is -2.09. The molecule has 6 heteroatoms. The number of hydrogen-bond donors (Lipinski definition) is 1. The summed E-state index contributed by atoms with van der Waals surface area (Å²) in [7, 11) is -3.62. The molecule has 0 saturated heterocycles. The molecule has 0 aromatic heterocycles. The Hall–Kier alpha value is -1.79. The smallest absolute Gasteiger partial charge is 0.182 e. The zero-order valence-corrected chi connectivity index (χ0v) is 11.3. The fourth-order valence-electron chi connectivity index (χ4n) is 1.86. The maximum Gasteiger partial charge on any atom is 0.182 e. The van der Waals surface area contributed by atoms with Gasteiger partial charge in [0, 0.05) is 6.54 Å². The van der Waals surface area contributed by atoms with E-state index in [0.717, 1.165) is 12.1 Å². The number of sulfone groups is 1. The van der Waals surface area contributed by atoms with Crippen molar-refractivity contribution >= 4 is 9.84 Å². The average molecular weight is 297 g/mol. The molecule has 0 aliphatic carbocycles. The molecule has 2 aromatic carbocycles. The molecule has 0 heterocycles. The van der Waals surface area contributed by atoms with Gasteiger partial charge in [0.25, 0.3) is 0 Å². The number of hydrogen-bond acceptors (Lipinski definition) is 3. The van der Waals surface area contributed by atoms with E-state index in [1.165, 1.54) is 30.3 Å². The first kappa shape index (κ1) is 14.6. The van der Waals surface area contributed by atoms with Gasteiger partial charge in [-0.2, -0.15) is 0 Å². The summed E-state index contributed by atoms with van der Waals surface area (Å²) in [4.78, 5) is 0.0196. The topological polar surface area (TPSA) is 60.2 Å². The van der Waals surface area contributed by atoms with E-state index in [-0.39, 0.29) is 17.2 Å². The predicted molar refractivity (Wildman–Crippen MR) is 71.6 cm³/mol. The number of benzene rings is 2. The highest BCUT2D eigenvalue weighted by atomic mass is 32.2. The summed E-state index contributed by atoms with van der Waals surface area (Å²) < 4.78 is 50.3. The Morgan fingerprint density at radius 2 is 1.50 bits per heavy atom. The van der Waals surface area contributed by atoms with Gasteiger partial charge in [-0.1, -0.05) is 6.07 Å². The van der Waals surface area contributed by atoms with Crippen LogP contribution in [0.15, 0.2) is 47.4 Å². The SMILES string of the molecule is NCc1cc(F)ccc1CS(=O)(=O)c1ccc(F)cc1. The molecule has 2 aromatic rings. The van der Waals surface area contributed by atoms with Gasteiger partial charge in [0.2, 0.25) is 0 Å². The quantitative estimate of drug-likeness (QED) is 0.882. The monoisotopic (exact) mass is 297 g/mol. The van der Waals surface area contributed by atoms with E-state index in [4.69, 9.17) is 5.73 Å². The van der Waals surface area contributed by atoms with Gasteiger partial charge in [0.05, 0.1) is 10.6 Å². The van der Waals surface area contributed by atoms with Crippen LogP contribution in [0.4, 0.5) is 8.78 Å². The average Bonchev–Trinajstić information content (AvgIpc) is 2.41.